The van der Waals surface area contributed by atoms with E-state index in [1.54, 1.807) is 12.1 Å². The number of rotatable bonds is 2. The van der Waals surface area contributed by atoms with Crippen LogP contribution in [0.15, 0.2) is 30.3 Å². The van der Waals surface area contributed by atoms with Gasteiger partial charge < -0.3 is 14.4 Å². The molecule has 0 bridgehead atoms. The first-order chi connectivity index (χ1) is 12.9. The van der Waals surface area contributed by atoms with Crippen molar-refractivity contribution < 1.29 is 9.84 Å². The van der Waals surface area contributed by atoms with Crippen molar-refractivity contribution in [3.8, 4) is 28.4 Å². The summed E-state index contributed by atoms with van der Waals surface area (Å²) >= 11 is 6.15. The number of hydrogen-bond donors (Lipinski definition) is 1. The van der Waals surface area contributed by atoms with Gasteiger partial charge >= 0.3 is 0 Å². The number of aromatic nitrogens is 3. The van der Waals surface area contributed by atoms with Crippen LogP contribution in [0.1, 0.15) is 24.0 Å². The highest BCUT2D eigenvalue weighted by Crippen LogP contribution is 2.34. The summed E-state index contributed by atoms with van der Waals surface area (Å²) in [7, 11) is 0. The molecule has 0 unspecified atom stereocenters. The highest BCUT2D eigenvalue weighted by molar-refractivity contribution is 6.32. The summed E-state index contributed by atoms with van der Waals surface area (Å²) in [6.07, 6.45) is 0.888. The SMILES string of the molecule is Cc1cc(-c2nc(-c3ccc(O)c(Cl)c3)n3c2CCO[C@H](C)C3)cc(C)n1. The third-order valence-corrected chi connectivity index (χ3v) is 5.12. The fourth-order valence-electron chi connectivity index (χ4n) is 3.67. The molecule has 0 saturated heterocycles. The average Bonchev–Trinajstić information content (AvgIpc) is 2.83. The molecule has 1 aliphatic heterocycles. The van der Waals surface area contributed by atoms with Crippen molar-refractivity contribution in [1.82, 2.24) is 14.5 Å². The van der Waals surface area contributed by atoms with Crippen LogP contribution in [0.3, 0.4) is 0 Å². The molecule has 27 heavy (non-hydrogen) atoms. The molecule has 0 spiro atoms. The van der Waals surface area contributed by atoms with Crippen LogP contribution in [0.2, 0.25) is 5.02 Å². The molecule has 6 heteroatoms. The van der Waals surface area contributed by atoms with Crippen LogP contribution < -0.4 is 0 Å². The predicted octanol–water partition coefficient (Wildman–Crippen LogP) is 4.55. The van der Waals surface area contributed by atoms with Gasteiger partial charge in [-0.1, -0.05) is 11.6 Å². The Balaban J connectivity index is 1.94. The molecular formula is C21H22ClN3O2. The minimum absolute atomic E-state index is 0.0698. The van der Waals surface area contributed by atoms with Crippen LogP contribution in [0.5, 0.6) is 5.75 Å². The van der Waals surface area contributed by atoms with Crippen LogP contribution in [-0.2, 0) is 17.7 Å². The number of aromatic hydroxyl groups is 1. The van der Waals surface area contributed by atoms with E-state index in [9.17, 15) is 5.11 Å². The molecule has 2 aromatic heterocycles. The minimum Gasteiger partial charge on any atom is -0.506 e. The standard InChI is InChI=1S/C21H22ClN3O2/c1-12-8-16(9-13(2)23-12)20-18-6-7-27-14(3)11-25(18)21(24-20)15-4-5-19(26)17(22)10-15/h4-5,8-10,14,26H,6-7,11H2,1-3H3/t14-/m1/s1. The minimum atomic E-state index is 0.0698. The van der Waals surface area contributed by atoms with Gasteiger partial charge in [0.1, 0.15) is 11.6 Å². The fraction of sp³-hybridized carbons (Fsp3) is 0.333. The average molecular weight is 384 g/mol. The van der Waals surface area contributed by atoms with Crippen molar-refractivity contribution >= 4 is 11.6 Å². The second kappa shape index (κ2) is 6.98. The van der Waals surface area contributed by atoms with E-state index in [4.69, 9.17) is 21.3 Å². The van der Waals surface area contributed by atoms with E-state index in [1.165, 1.54) is 0 Å². The summed E-state index contributed by atoms with van der Waals surface area (Å²) in [5.41, 5.74) is 6.00. The smallest absolute Gasteiger partial charge is 0.141 e. The maximum atomic E-state index is 9.77. The first-order valence-corrected chi connectivity index (χ1v) is 9.45. The number of benzene rings is 1. The lowest BCUT2D eigenvalue weighted by molar-refractivity contribution is 0.0666. The molecule has 1 N–H and O–H groups in total. The Morgan fingerprint density at radius 1 is 1.11 bits per heavy atom. The van der Waals surface area contributed by atoms with Gasteiger partial charge in [0.2, 0.25) is 0 Å². The summed E-state index contributed by atoms with van der Waals surface area (Å²) in [5.74, 6) is 0.909. The molecule has 0 amide bonds. The zero-order valence-corrected chi connectivity index (χ0v) is 16.4. The fourth-order valence-corrected chi connectivity index (χ4v) is 3.85. The number of imidazole rings is 1. The van der Waals surface area contributed by atoms with Crippen molar-refractivity contribution in [2.45, 2.75) is 39.8 Å². The second-order valence-electron chi connectivity index (χ2n) is 7.08. The Labute approximate surface area is 163 Å². The number of fused-ring (bicyclic) bond motifs is 1. The molecule has 140 valence electrons. The largest absolute Gasteiger partial charge is 0.506 e. The molecule has 1 atom stereocenters. The van der Waals surface area contributed by atoms with Crippen molar-refractivity contribution in [1.29, 1.82) is 0 Å². The van der Waals surface area contributed by atoms with E-state index >= 15 is 0 Å². The topological polar surface area (TPSA) is 60.2 Å². The summed E-state index contributed by atoms with van der Waals surface area (Å²) in [6, 6.07) is 9.35. The third kappa shape index (κ3) is 3.45. The van der Waals surface area contributed by atoms with Crippen molar-refractivity contribution in [3.63, 3.8) is 0 Å². The van der Waals surface area contributed by atoms with Crippen LogP contribution in [0, 0.1) is 13.8 Å². The number of phenolic OH excluding ortho intramolecular Hbond substituents is 1. The Bertz CT molecular complexity index is 993. The van der Waals surface area contributed by atoms with Gasteiger partial charge in [-0.05, 0) is 51.1 Å². The van der Waals surface area contributed by atoms with E-state index in [0.29, 0.717) is 11.6 Å². The first-order valence-electron chi connectivity index (χ1n) is 9.08. The summed E-state index contributed by atoms with van der Waals surface area (Å²) in [4.78, 5) is 9.48. The van der Waals surface area contributed by atoms with E-state index in [1.807, 2.05) is 19.9 Å². The normalized spacial score (nSPS) is 16.8. The van der Waals surface area contributed by atoms with E-state index in [0.717, 1.165) is 52.7 Å². The van der Waals surface area contributed by atoms with E-state index < -0.39 is 0 Å². The van der Waals surface area contributed by atoms with Crippen LogP contribution >= 0.6 is 11.6 Å². The van der Waals surface area contributed by atoms with Crippen molar-refractivity contribution in [3.05, 3.63) is 52.4 Å². The van der Waals surface area contributed by atoms with Gasteiger partial charge in [-0.15, -0.1) is 0 Å². The number of halogens is 1. The van der Waals surface area contributed by atoms with Gasteiger partial charge in [0.05, 0.1) is 30.0 Å². The van der Waals surface area contributed by atoms with E-state index in [-0.39, 0.29) is 11.9 Å². The number of pyridine rings is 1. The summed E-state index contributed by atoms with van der Waals surface area (Å²) < 4.78 is 8.11. The van der Waals surface area contributed by atoms with Crippen molar-refractivity contribution in [2.75, 3.05) is 6.61 Å². The zero-order valence-electron chi connectivity index (χ0n) is 15.7. The maximum absolute atomic E-state index is 9.77. The summed E-state index contributed by atoms with van der Waals surface area (Å²) in [5, 5.41) is 10.1. The zero-order chi connectivity index (χ0) is 19.1. The van der Waals surface area contributed by atoms with Crippen LogP contribution in [0.4, 0.5) is 0 Å². The molecule has 1 aromatic carbocycles. The van der Waals surface area contributed by atoms with Gasteiger partial charge in [-0.25, -0.2) is 4.98 Å². The lowest BCUT2D eigenvalue weighted by Gasteiger charge is -2.13. The van der Waals surface area contributed by atoms with Gasteiger partial charge in [-0.3, -0.25) is 4.98 Å². The number of aryl methyl sites for hydroxylation is 2. The van der Waals surface area contributed by atoms with Crippen LogP contribution in [0.25, 0.3) is 22.6 Å². The first kappa shape index (κ1) is 18.0. The molecule has 3 heterocycles. The monoisotopic (exact) mass is 383 g/mol. The molecule has 0 aliphatic carbocycles. The molecule has 0 radical (unpaired) electrons. The number of ether oxygens (including phenoxy) is 1. The van der Waals surface area contributed by atoms with E-state index in [2.05, 4.69) is 28.6 Å². The lowest BCUT2D eigenvalue weighted by Crippen LogP contribution is -2.14. The van der Waals surface area contributed by atoms with Gasteiger partial charge in [-0.2, -0.15) is 0 Å². The van der Waals surface area contributed by atoms with Gasteiger partial charge in [0.15, 0.2) is 0 Å². The quantitative estimate of drug-likeness (QED) is 0.705. The summed E-state index contributed by atoms with van der Waals surface area (Å²) in [6.45, 7) is 7.45. The second-order valence-corrected chi connectivity index (χ2v) is 7.48. The Morgan fingerprint density at radius 3 is 2.56 bits per heavy atom. The number of hydrogen-bond acceptors (Lipinski definition) is 4. The Hall–Kier alpha value is -2.37. The molecule has 5 nitrogen and oxygen atoms in total. The molecule has 0 saturated carbocycles. The van der Waals surface area contributed by atoms with Crippen molar-refractivity contribution in [2.24, 2.45) is 0 Å². The molecule has 4 rings (SSSR count). The predicted molar refractivity (Wildman–Crippen MR) is 106 cm³/mol. The molecular weight excluding hydrogens is 362 g/mol. The van der Waals surface area contributed by atoms with Crippen LogP contribution in [-0.4, -0.2) is 32.4 Å². The van der Waals surface area contributed by atoms with Gasteiger partial charge in [0.25, 0.3) is 0 Å². The van der Waals surface area contributed by atoms with Gasteiger partial charge in [0, 0.05) is 34.6 Å². The Kier molecular flexibility index (Phi) is 4.66. The maximum Gasteiger partial charge on any atom is 0.141 e. The molecule has 1 aliphatic rings. The third-order valence-electron chi connectivity index (χ3n) is 4.81. The number of nitrogens with zero attached hydrogens (tertiary/aromatic N) is 3. The molecule has 0 fully saturated rings. The molecule has 3 aromatic rings. The highest BCUT2D eigenvalue weighted by atomic mass is 35.5. The highest BCUT2D eigenvalue weighted by Gasteiger charge is 2.24. The Morgan fingerprint density at radius 2 is 1.85 bits per heavy atom. The number of phenols is 1. The lowest BCUT2D eigenvalue weighted by atomic mass is 10.1.